The fourth-order valence-electron chi connectivity index (χ4n) is 5.00. The number of Topliss-reactive ketones (excluding diaryl/α,β-unsaturated/α-hetero) is 1. The van der Waals surface area contributed by atoms with Crippen LogP contribution in [0.25, 0.3) is 11.1 Å². The molecule has 1 aliphatic heterocycles. The van der Waals surface area contributed by atoms with Gasteiger partial charge < -0.3 is 14.8 Å². The first-order valence-corrected chi connectivity index (χ1v) is 11.0. The number of hydrogen-bond acceptors (Lipinski definition) is 4. The second kappa shape index (κ2) is 8.38. The van der Waals surface area contributed by atoms with Crippen LogP contribution in [0.5, 0.6) is 0 Å². The molecule has 4 rings (SSSR count). The number of nitrogens with one attached hydrogen (secondary N) is 1. The maximum atomic E-state index is 13.6. The number of ether oxygens (including phenoxy) is 2. The van der Waals surface area contributed by atoms with Crippen molar-refractivity contribution < 1.29 is 19.1 Å². The molecule has 1 saturated heterocycles. The average Bonchev–Trinajstić information content (AvgIpc) is 3.01. The lowest BCUT2D eigenvalue weighted by Gasteiger charge is -2.42. The predicted molar refractivity (Wildman–Crippen MR) is 120 cm³/mol. The Morgan fingerprint density at radius 2 is 1.65 bits per heavy atom. The third-order valence-corrected chi connectivity index (χ3v) is 7.23. The second-order valence-corrected chi connectivity index (χ2v) is 9.20. The van der Waals surface area contributed by atoms with Crippen molar-refractivity contribution in [1.82, 2.24) is 5.32 Å². The molecule has 1 atom stereocenters. The zero-order valence-electron chi connectivity index (χ0n) is 18.2. The number of methoxy groups -OCH3 is 2. The Morgan fingerprint density at radius 1 is 1.00 bits per heavy atom. The van der Waals surface area contributed by atoms with E-state index in [4.69, 9.17) is 21.1 Å². The van der Waals surface area contributed by atoms with Crippen LogP contribution in [0.15, 0.2) is 42.5 Å². The molecule has 1 spiro atoms. The van der Waals surface area contributed by atoms with Gasteiger partial charge >= 0.3 is 0 Å². The van der Waals surface area contributed by atoms with Gasteiger partial charge in [0.25, 0.3) is 0 Å². The van der Waals surface area contributed by atoms with E-state index in [0.29, 0.717) is 37.3 Å². The van der Waals surface area contributed by atoms with Crippen molar-refractivity contribution in [2.45, 2.75) is 49.7 Å². The first-order chi connectivity index (χ1) is 14.8. The highest BCUT2D eigenvalue weighted by Gasteiger charge is 2.56. The second-order valence-electron chi connectivity index (χ2n) is 8.77. The molecule has 1 amide bonds. The summed E-state index contributed by atoms with van der Waals surface area (Å²) >= 11 is 6.02. The summed E-state index contributed by atoms with van der Waals surface area (Å²) in [7, 11) is 3.33. The minimum atomic E-state index is -0.819. The molecule has 1 aliphatic carbocycles. The molecule has 0 radical (unpaired) electrons. The molecule has 2 aliphatic rings. The molecule has 2 aromatic carbocycles. The number of carbonyl (C=O) groups excluding carboxylic acids is 2. The van der Waals surface area contributed by atoms with Gasteiger partial charge in [-0.2, -0.15) is 0 Å². The van der Waals surface area contributed by atoms with Crippen LogP contribution in [0.3, 0.4) is 0 Å². The summed E-state index contributed by atoms with van der Waals surface area (Å²) in [5, 5.41) is 3.73. The highest BCUT2D eigenvalue weighted by molar-refractivity contribution is 6.30. The zero-order chi connectivity index (χ0) is 22.2. The molecular weight excluding hydrogens is 414 g/mol. The van der Waals surface area contributed by atoms with E-state index in [9.17, 15) is 9.59 Å². The number of aryl methyl sites for hydroxylation is 1. The van der Waals surface area contributed by atoms with Gasteiger partial charge in [0, 0.05) is 19.2 Å². The predicted octanol–water partition coefficient (Wildman–Crippen LogP) is 4.44. The summed E-state index contributed by atoms with van der Waals surface area (Å²) in [5.41, 5.74) is 2.44. The molecule has 6 heteroatoms. The van der Waals surface area contributed by atoms with E-state index in [1.54, 1.807) is 14.2 Å². The van der Waals surface area contributed by atoms with E-state index in [2.05, 4.69) is 5.32 Å². The molecule has 2 fully saturated rings. The topological polar surface area (TPSA) is 64.6 Å². The normalized spacial score (nSPS) is 28.2. The lowest BCUT2D eigenvalue weighted by Crippen LogP contribution is -2.54. The van der Waals surface area contributed by atoms with E-state index in [1.165, 1.54) is 0 Å². The van der Waals surface area contributed by atoms with E-state index in [0.717, 1.165) is 22.3 Å². The Hall–Kier alpha value is -2.21. The number of halogens is 1. The zero-order valence-corrected chi connectivity index (χ0v) is 18.9. The van der Waals surface area contributed by atoms with Crippen LogP contribution in [0.2, 0.25) is 5.02 Å². The van der Waals surface area contributed by atoms with Gasteiger partial charge in [0.05, 0.1) is 17.7 Å². The largest absolute Gasteiger partial charge is 0.382 e. The average molecular weight is 442 g/mol. The first kappa shape index (κ1) is 22.0. The van der Waals surface area contributed by atoms with Crippen LogP contribution in [-0.4, -0.2) is 43.7 Å². The molecular formula is C25H28ClNO4. The van der Waals surface area contributed by atoms with E-state index < -0.39 is 17.1 Å². The van der Waals surface area contributed by atoms with Gasteiger partial charge in [-0.05, 0) is 73.1 Å². The monoisotopic (exact) mass is 441 g/mol. The summed E-state index contributed by atoms with van der Waals surface area (Å²) in [6, 6.07) is 13.5. The van der Waals surface area contributed by atoms with E-state index >= 15 is 0 Å². The highest BCUT2D eigenvalue weighted by atomic mass is 35.5. The highest BCUT2D eigenvalue weighted by Crippen LogP contribution is 2.44. The maximum Gasteiger partial charge on any atom is 0.235 e. The smallest absolute Gasteiger partial charge is 0.235 e. The van der Waals surface area contributed by atoms with Gasteiger partial charge in [-0.25, -0.2) is 0 Å². The van der Waals surface area contributed by atoms with Crippen molar-refractivity contribution in [2.24, 2.45) is 0 Å². The third-order valence-electron chi connectivity index (χ3n) is 6.98. The Balaban J connectivity index is 1.63. The maximum absolute atomic E-state index is 13.6. The van der Waals surface area contributed by atoms with E-state index in [1.807, 2.05) is 49.4 Å². The molecule has 0 aromatic heterocycles. The first-order valence-electron chi connectivity index (χ1n) is 10.6. The number of benzene rings is 2. The van der Waals surface area contributed by atoms with Crippen LogP contribution >= 0.6 is 11.6 Å². The molecule has 1 unspecified atom stereocenters. The van der Waals surface area contributed by atoms with Crippen LogP contribution in [-0.2, 0) is 19.1 Å². The van der Waals surface area contributed by atoms with Crippen molar-refractivity contribution in [3.8, 4) is 11.1 Å². The van der Waals surface area contributed by atoms with Crippen LogP contribution in [0.1, 0.15) is 42.7 Å². The van der Waals surface area contributed by atoms with Gasteiger partial charge in [0.15, 0.2) is 5.78 Å². The van der Waals surface area contributed by atoms with Crippen molar-refractivity contribution >= 4 is 23.3 Å². The number of ketones is 1. The van der Waals surface area contributed by atoms with Crippen molar-refractivity contribution in [1.29, 1.82) is 0 Å². The van der Waals surface area contributed by atoms with Crippen molar-refractivity contribution in [3.05, 3.63) is 58.6 Å². The van der Waals surface area contributed by atoms with Gasteiger partial charge in [-0.3, -0.25) is 9.59 Å². The molecule has 0 bridgehead atoms. The quantitative estimate of drug-likeness (QED) is 0.696. The van der Waals surface area contributed by atoms with Gasteiger partial charge in [-0.1, -0.05) is 35.9 Å². The molecule has 164 valence electrons. The molecule has 2 aromatic rings. The SMILES string of the molecule is COCC1(OC)CCC2(CC1)NC(=O)C(c1cc(-c3ccc(Cl)cc3)ccc1C)C2=O. The summed E-state index contributed by atoms with van der Waals surface area (Å²) in [4.78, 5) is 26.7. The third kappa shape index (κ3) is 3.91. The molecule has 1 saturated carbocycles. The fourth-order valence-corrected chi connectivity index (χ4v) is 5.12. The number of rotatable bonds is 5. The summed E-state index contributed by atoms with van der Waals surface area (Å²) in [5.74, 6) is -1.03. The van der Waals surface area contributed by atoms with Crippen molar-refractivity contribution in [3.63, 3.8) is 0 Å². The molecule has 5 nitrogen and oxygen atoms in total. The minimum Gasteiger partial charge on any atom is -0.382 e. The standard InChI is InChI=1S/C25H28ClNO4/c1-16-4-5-18(17-6-8-19(26)9-7-17)14-20(16)21-22(28)25(27-23(21)29)12-10-24(31-3,11-13-25)15-30-2/h4-9,14,21H,10-13,15H2,1-3H3,(H,27,29). The Kier molecular flexibility index (Phi) is 5.95. The fraction of sp³-hybridized carbons (Fsp3) is 0.440. The summed E-state index contributed by atoms with van der Waals surface area (Å²) in [6.45, 7) is 2.43. The number of hydrogen-bond donors (Lipinski definition) is 1. The van der Waals surface area contributed by atoms with Gasteiger partial charge in [-0.15, -0.1) is 0 Å². The Bertz CT molecular complexity index is 993. The lowest BCUT2D eigenvalue weighted by atomic mass is 9.71. The Morgan fingerprint density at radius 3 is 2.26 bits per heavy atom. The molecule has 1 heterocycles. The molecule has 1 N–H and O–H groups in total. The van der Waals surface area contributed by atoms with Gasteiger partial charge in [0.1, 0.15) is 5.92 Å². The number of amides is 1. The van der Waals surface area contributed by atoms with Crippen LogP contribution < -0.4 is 5.32 Å². The summed E-state index contributed by atoms with van der Waals surface area (Å²) < 4.78 is 11.1. The van der Waals surface area contributed by atoms with Crippen LogP contribution in [0.4, 0.5) is 0 Å². The van der Waals surface area contributed by atoms with Gasteiger partial charge in [0.2, 0.25) is 5.91 Å². The number of carbonyl (C=O) groups is 2. The van der Waals surface area contributed by atoms with Crippen molar-refractivity contribution in [2.75, 3.05) is 20.8 Å². The van der Waals surface area contributed by atoms with Crippen LogP contribution in [0, 0.1) is 6.92 Å². The minimum absolute atomic E-state index is 0.0315. The Labute approximate surface area is 188 Å². The lowest BCUT2D eigenvalue weighted by molar-refractivity contribution is -0.131. The molecule has 31 heavy (non-hydrogen) atoms. The summed E-state index contributed by atoms with van der Waals surface area (Å²) in [6.07, 6.45) is 2.45. The van der Waals surface area contributed by atoms with E-state index in [-0.39, 0.29) is 11.7 Å².